The molecule has 2 aromatic rings. The first-order valence-electron chi connectivity index (χ1n) is 7.91. The van der Waals surface area contributed by atoms with E-state index in [1.165, 1.54) is 6.07 Å². The Labute approximate surface area is 136 Å². The van der Waals surface area contributed by atoms with Crippen molar-refractivity contribution in [3.05, 3.63) is 30.5 Å². The number of H-pyrrole nitrogens is 1. The van der Waals surface area contributed by atoms with Crippen LogP contribution in [0.25, 0.3) is 10.9 Å². The van der Waals surface area contributed by atoms with Crippen molar-refractivity contribution in [2.24, 2.45) is 11.3 Å². The zero-order valence-corrected chi connectivity index (χ0v) is 14.2. The molecule has 0 spiro atoms. The van der Waals surface area contributed by atoms with Gasteiger partial charge in [0.25, 0.3) is 10.0 Å². The molecule has 0 bridgehead atoms. The lowest BCUT2D eigenvalue weighted by Crippen LogP contribution is -2.38. The van der Waals surface area contributed by atoms with Crippen LogP contribution in [0.2, 0.25) is 0 Å². The van der Waals surface area contributed by atoms with Crippen LogP contribution in [-0.2, 0) is 14.8 Å². The van der Waals surface area contributed by atoms with Gasteiger partial charge < -0.3 is 4.98 Å². The Morgan fingerprint density at radius 2 is 1.91 bits per heavy atom. The lowest BCUT2D eigenvalue weighted by molar-refractivity contribution is -0.124. The monoisotopic (exact) mass is 334 g/mol. The van der Waals surface area contributed by atoms with E-state index >= 15 is 0 Å². The second-order valence-corrected chi connectivity index (χ2v) is 8.82. The zero-order chi connectivity index (χ0) is 16.7. The Morgan fingerprint density at radius 3 is 2.61 bits per heavy atom. The molecule has 1 heterocycles. The molecular formula is C17H22N2O3S. The number of benzene rings is 1. The number of nitrogens with one attached hydrogen (secondary N) is 2. The maximum absolute atomic E-state index is 12.4. The molecule has 1 aromatic heterocycles. The van der Waals surface area contributed by atoms with E-state index in [2.05, 4.69) is 23.6 Å². The molecule has 2 N–H and O–H groups in total. The fraction of sp³-hybridized carbons (Fsp3) is 0.471. The Balaban J connectivity index is 1.74. The van der Waals surface area contributed by atoms with Crippen molar-refractivity contribution >= 4 is 26.8 Å². The van der Waals surface area contributed by atoms with Crippen molar-refractivity contribution in [3.63, 3.8) is 0 Å². The van der Waals surface area contributed by atoms with Gasteiger partial charge in [-0.2, -0.15) is 0 Å². The van der Waals surface area contributed by atoms with Gasteiger partial charge in [0, 0.05) is 23.0 Å². The van der Waals surface area contributed by atoms with Gasteiger partial charge in [-0.15, -0.1) is 0 Å². The van der Waals surface area contributed by atoms with Gasteiger partial charge in [-0.3, -0.25) is 4.79 Å². The van der Waals surface area contributed by atoms with Gasteiger partial charge in [-0.1, -0.05) is 13.8 Å². The fourth-order valence-electron chi connectivity index (χ4n) is 3.13. The number of carbonyl (C=O) groups excluding carboxylic acids is 1. The quantitative estimate of drug-likeness (QED) is 0.905. The molecule has 1 aromatic carbocycles. The van der Waals surface area contributed by atoms with Crippen LogP contribution in [0.5, 0.6) is 0 Å². The van der Waals surface area contributed by atoms with Gasteiger partial charge in [0.1, 0.15) is 0 Å². The highest BCUT2D eigenvalue weighted by Gasteiger charge is 2.32. The number of rotatable bonds is 3. The van der Waals surface area contributed by atoms with Gasteiger partial charge in [0.15, 0.2) is 0 Å². The molecule has 0 saturated heterocycles. The van der Waals surface area contributed by atoms with Crippen molar-refractivity contribution in [3.8, 4) is 0 Å². The number of amides is 1. The normalized spacial score (nSPS) is 18.9. The molecule has 0 aliphatic heterocycles. The molecule has 124 valence electrons. The smallest absolute Gasteiger partial charge is 0.264 e. The number of aromatic amines is 1. The first-order chi connectivity index (χ1) is 10.8. The second-order valence-electron chi connectivity index (χ2n) is 7.13. The van der Waals surface area contributed by atoms with Gasteiger partial charge in [-0.05, 0) is 55.4 Å². The van der Waals surface area contributed by atoms with Crippen LogP contribution >= 0.6 is 0 Å². The van der Waals surface area contributed by atoms with Crippen LogP contribution in [0.1, 0.15) is 39.5 Å². The van der Waals surface area contributed by atoms with E-state index in [1.807, 2.05) is 0 Å². The summed E-state index contributed by atoms with van der Waals surface area (Å²) in [5, 5.41) is 0.805. The highest BCUT2D eigenvalue weighted by Crippen LogP contribution is 2.38. The fourth-order valence-corrected chi connectivity index (χ4v) is 4.21. The van der Waals surface area contributed by atoms with Crippen molar-refractivity contribution in [2.75, 3.05) is 0 Å². The highest BCUT2D eigenvalue weighted by atomic mass is 32.2. The SMILES string of the molecule is CC1(C)CCC(C(=O)NS(=O)(=O)c2ccc3[nH]ccc3c2)CC1. The summed E-state index contributed by atoms with van der Waals surface area (Å²) in [6.45, 7) is 4.37. The van der Waals surface area contributed by atoms with E-state index in [-0.39, 0.29) is 22.1 Å². The third-order valence-corrected chi connectivity index (χ3v) is 6.12. The van der Waals surface area contributed by atoms with Crippen molar-refractivity contribution in [1.82, 2.24) is 9.71 Å². The Bertz CT molecular complexity index is 826. The average molecular weight is 334 g/mol. The number of aromatic nitrogens is 1. The summed E-state index contributed by atoms with van der Waals surface area (Å²) in [6, 6.07) is 6.60. The van der Waals surface area contributed by atoms with E-state index in [1.54, 1.807) is 24.4 Å². The highest BCUT2D eigenvalue weighted by molar-refractivity contribution is 7.90. The van der Waals surface area contributed by atoms with Crippen LogP contribution in [0.15, 0.2) is 35.4 Å². The molecule has 6 heteroatoms. The second kappa shape index (κ2) is 5.67. The first kappa shape index (κ1) is 16.1. The van der Waals surface area contributed by atoms with E-state index in [0.717, 1.165) is 36.6 Å². The first-order valence-corrected chi connectivity index (χ1v) is 9.39. The van der Waals surface area contributed by atoms with Crippen molar-refractivity contribution in [2.45, 2.75) is 44.4 Å². The number of fused-ring (bicyclic) bond motifs is 1. The molecule has 23 heavy (non-hydrogen) atoms. The summed E-state index contributed by atoms with van der Waals surface area (Å²) >= 11 is 0. The van der Waals surface area contributed by atoms with Gasteiger partial charge >= 0.3 is 0 Å². The van der Waals surface area contributed by atoms with Crippen LogP contribution in [0, 0.1) is 11.3 Å². The van der Waals surface area contributed by atoms with Crippen molar-refractivity contribution < 1.29 is 13.2 Å². The lowest BCUT2D eigenvalue weighted by atomic mass is 9.73. The van der Waals surface area contributed by atoms with Crippen molar-refractivity contribution in [1.29, 1.82) is 0 Å². The summed E-state index contributed by atoms with van der Waals surface area (Å²) in [5.41, 5.74) is 1.11. The molecular weight excluding hydrogens is 312 g/mol. The molecule has 1 amide bonds. The van der Waals surface area contributed by atoms with E-state index in [4.69, 9.17) is 0 Å². The molecule has 3 rings (SSSR count). The van der Waals surface area contributed by atoms with Gasteiger partial charge in [0.2, 0.25) is 5.91 Å². The summed E-state index contributed by atoms with van der Waals surface area (Å²) in [7, 11) is -3.82. The zero-order valence-electron chi connectivity index (χ0n) is 13.4. The number of carbonyl (C=O) groups is 1. The largest absolute Gasteiger partial charge is 0.361 e. The summed E-state index contributed by atoms with van der Waals surface area (Å²) in [5.74, 6) is -0.594. The third-order valence-electron chi connectivity index (χ3n) is 4.78. The Morgan fingerprint density at radius 1 is 1.22 bits per heavy atom. The summed E-state index contributed by atoms with van der Waals surface area (Å²) in [4.78, 5) is 15.5. The maximum Gasteiger partial charge on any atom is 0.264 e. The molecule has 1 fully saturated rings. The Hall–Kier alpha value is -1.82. The molecule has 1 aliphatic rings. The molecule has 1 saturated carbocycles. The van der Waals surface area contributed by atoms with Gasteiger partial charge in [-0.25, -0.2) is 13.1 Å². The van der Waals surface area contributed by atoms with E-state index in [0.29, 0.717) is 0 Å². The number of hydrogen-bond acceptors (Lipinski definition) is 3. The van der Waals surface area contributed by atoms with Crippen LogP contribution in [-0.4, -0.2) is 19.3 Å². The van der Waals surface area contributed by atoms with Gasteiger partial charge in [0.05, 0.1) is 4.90 Å². The average Bonchev–Trinajstić information content (AvgIpc) is 2.93. The lowest BCUT2D eigenvalue weighted by Gasteiger charge is -2.33. The van der Waals surface area contributed by atoms with E-state index in [9.17, 15) is 13.2 Å². The maximum atomic E-state index is 12.4. The van der Waals surface area contributed by atoms with Crippen LogP contribution in [0.3, 0.4) is 0 Å². The van der Waals surface area contributed by atoms with Crippen LogP contribution in [0.4, 0.5) is 0 Å². The standard InChI is InChI=1S/C17H22N2O3S/c1-17(2)8-5-12(6-9-17)16(20)19-23(21,22)14-3-4-15-13(11-14)7-10-18-15/h3-4,7,10-12,18H,5-6,8-9H2,1-2H3,(H,19,20). The molecule has 0 radical (unpaired) electrons. The molecule has 5 nitrogen and oxygen atoms in total. The summed E-state index contributed by atoms with van der Waals surface area (Å²) in [6.07, 6.45) is 5.13. The Kier molecular flexibility index (Phi) is 3.96. The molecule has 0 atom stereocenters. The number of sulfonamides is 1. The minimum atomic E-state index is -3.82. The molecule has 0 unspecified atom stereocenters. The minimum Gasteiger partial charge on any atom is -0.361 e. The topological polar surface area (TPSA) is 79.0 Å². The van der Waals surface area contributed by atoms with E-state index < -0.39 is 10.0 Å². The third kappa shape index (κ3) is 3.42. The predicted molar refractivity (Wildman–Crippen MR) is 89.4 cm³/mol. The minimum absolute atomic E-state index is 0.120. The number of hydrogen-bond donors (Lipinski definition) is 2. The summed E-state index contributed by atoms with van der Waals surface area (Å²) < 4.78 is 27.1. The van der Waals surface area contributed by atoms with Crippen LogP contribution < -0.4 is 4.72 Å². The predicted octanol–water partition coefficient (Wildman–Crippen LogP) is 3.19. The molecule has 1 aliphatic carbocycles.